The standard InChI is InChI=1S/C16H30N4O/c1-12(2)9-14-17-16(5-6-16)15(21)20(14)11-13-10-18(3)7-8-19(13)4/h12-14,17H,5-11H2,1-4H3. The summed E-state index contributed by atoms with van der Waals surface area (Å²) in [5.41, 5.74) is -0.182. The van der Waals surface area contributed by atoms with E-state index in [4.69, 9.17) is 0 Å². The number of rotatable bonds is 4. The second-order valence-corrected chi connectivity index (χ2v) is 7.73. The highest BCUT2D eigenvalue weighted by molar-refractivity contribution is 5.91. The van der Waals surface area contributed by atoms with Crippen LogP contribution in [-0.4, -0.2) is 78.6 Å². The summed E-state index contributed by atoms with van der Waals surface area (Å²) >= 11 is 0. The van der Waals surface area contributed by atoms with E-state index in [0.717, 1.165) is 45.4 Å². The van der Waals surface area contributed by atoms with E-state index in [-0.39, 0.29) is 11.7 Å². The molecule has 0 aromatic carbocycles. The zero-order chi connectivity index (χ0) is 15.2. The van der Waals surface area contributed by atoms with Crippen molar-refractivity contribution in [2.24, 2.45) is 5.92 Å². The van der Waals surface area contributed by atoms with Crippen molar-refractivity contribution in [2.75, 3.05) is 40.3 Å². The second kappa shape index (κ2) is 5.52. The first kappa shape index (κ1) is 15.3. The van der Waals surface area contributed by atoms with Gasteiger partial charge in [-0.25, -0.2) is 0 Å². The normalized spacial score (nSPS) is 33.4. The minimum absolute atomic E-state index is 0.182. The first-order valence-corrected chi connectivity index (χ1v) is 8.39. The molecule has 0 aromatic rings. The number of hydrogen-bond acceptors (Lipinski definition) is 4. The van der Waals surface area contributed by atoms with Gasteiger partial charge in [0.05, 0.1) is 11.7 Å². The molecule has 2 saturated heterocycles. The molecule has 2 atom stereocenters. The van der Waals surface area contributed by atoms with Crippen molar-refractivity contribution in [1.82, 2.24) is 20.0 Å². The van der Waals surface area contributed by atoms with Gasteiger partial charge in [-0.15, -0.1) is 0 Å². The van der Waals surface area contributed by atoms with E-state index < -0.39 is 0 Å². The molecular weight excluding hydrogens is 264 g/mol. The Kier molecular flexibility index (Phi) is 4.01. The molecule has 1 aliphatic carbocycles. The Morgan fingerprint density at radius 3 is 2.62 bits per heavy atom. The molecular formula is C16H30N4O. The molecule has 2 aliphatic heterocycles. The summed E-state index contributed by atoms with van der Waals surface area (Å²) in [6.45, 7) is 8.62. The van der Waals surface area contributed by atoms with E-state index in [1.807, 2.05) is 0 Å². The third-order valence-electron chi connectivity index (χ3n) is 5.32. The van der Waals surface area contributed by atoms with Crippen LogP contribution in [0.5, 0.6) is 0 Å². The maximum absolute atomic E-state index is 12.8. The van der Waals surface area contributed by atoms with Crippen LogP contribution in [0.25, 0.3) is 0 Å². The van der Waals surface area contributed by atoms with E-state index in [1.165, 1.54) is 0 Å². The van der Waals surface area contributed by atoms with Gasteiger partial charge in [0.15, 0.2) is 0 Å². The van der Waals surface area contributed by atoms with E-state index >= 15 is 0 Å². The summed E-state index contributed by atoms with van der Waals surface area (Å²) in [6.07, 6.45) is 3.34. The van der Waals surface area contributed by atoms with Gasteiger partial charge < -0.3 is 9.80 Å². The summed E-state index contributed by atoms with van der Waals surface area (Å²) in [6, 6.07) is 0.457. The predicted molar refractivity (Wildman–Crippen MR) is 84.0 cm³/mol. The van der Waals surface area contributed by atoms with Crippen LogP contribution in [-0.2, 0) is 4.79 Å². The van der Waals surface area contributed by atoms with Gasteiger partial charge in [0.25, 0.3) is 0 Å². The first-order chi connectivity index (χ1) is 9.91. The minimum Gasteiger partial charge on any atom is -0.324 e. The van der Waals surface area contributed by atoms with Crippen LogP contribution in [0.15, 0.2) is 0 Å². The number of nitrogens with one attached hydrogen (secondary N) is 1. The SMILES string of the molecule is CC(C)CC1NC2(CC2)C(=O)N1CC1CN(C)CCN1C. The molecule has 21 heavy (non-hydrogen) atoms. The van der Waals surface area contributed by atoms with Crippen molar-refractivity contribution in [3.63, 3.8) is 0 Å². The van der Waals surface area contributed by atoms with Crippen molar-refractivity contribution < 1.29 is 4.79 Å². The van der Waals surface area contributed by atoms with E-state index in [0.29, 0.717) is 17.9 Å². The molecule has 3 fully saturated rings. The fraction of sp³-hybridized carbons (Fsp3) is 0.938. The average Bonchev–Trinajstić information content (AvgIpc) is 3.14. The summed E-state index contributed by atoms with van der Waals surface area (Å²) in [5, 5.41) is 3.63. The molecule has 1 spiro atoms. The molecule has 2 unspecified atom stereocenters. The van der Waals surface area contributed by atoms with Gasteiger partial charge >= 0.3 is 0 Å². The molecule has 3 aliphatic rings. The van der Waals surface area contributed by atoms with Gasteiger partial charge in [0.1, 0.15) is 0 Å². The average molecular weight is 294 g/mol. The maximum atomic E-state index is 12.8. The third-order valence-corrected chi connectivity index (χ3v) is 5.32. The van der Waals surface area contributed by atoms with E-state index in [2.05, 4.69) is 48.0 Å². The predicted octanol–water partition coefficient (Wildman–Crippen LogP) is 0.569. The zero-order valence-electron chi connectivity index (χ0n) is 13.9. The van der Waals surface area contributed by atoms with Crippen molar-refractivity contribution in [2.45, 2.75) is 50.9 Å². The highest BCUT2D eigenvalue weighted by atomic mass is 16.2. The van der Waals surface area contributed by atoms with Crippen LogP contribution in [0.4, 0.5) is 0 Å². The molecule has 1 N–H and O–H groups in total. The van der Waals surface area contributed by atoms with Gasteiger partial charge in [0, 0.05) is 32.2 Å². The van der Waals surface area contributed by atoms with Crippen LogP contribution < -0.4 is 5.32 Å². The second-order valence-electron chi connectivity index (χ2n) is 7.73. The Morgan fingerprint density at radius 1 is 1.29 bits per heavy atom. The minimum atomic E-state index is -0.182. The third kappa shape index (κ3) is 2.96. The van der Waals surface area contributed by atoms with Crippen LogP contribution in [0.1, 0.15) is 33.1 Å². The first-order valence-electron chi connectivity index (χ1n) is 8.39. The lowest BCUT2D eigenvalue weighted by molar-refractivity contribution is -0.132. The highest BCUT2D eigenvalue weighted by Crippen LogP contribution is 2.43. The largest absolute Gasteiger partial charge is 0.324 e. The van der Waals surface area contributed by atoms with Crippen LogP contribution in [0, 0.1) is 5.92 Å². The van der Waals surface area contributed by atoms with Gasteiger partial charge in [-0.05, 0) is 39.3 Å². The summed E-state index contributed by atoms with van der Waals surface area (Å²) < 4.78 is 0. The number of carbonyl (C=O) groups excluding carboxylic acids is 1. The van der Waals surface area contributed by atoms with Crippen LogP contribution in [0.3, 0.4) is 0 Å². The molecule has 5 nitrogen and oxygen atoms in total. The summed E-state index contributed by atoms with van der Waals surface area (Å²) in [4.78, 5) is 19.7. The summed E-state index contributed by atoms with van der Waals surface area (Å²) in [7, 11) is 4.37. The molecule has 1 saturated carbocycles. The molecule has 120 valence electrons. The maximum Gasteiger partial charge on any atom is 0.244 e. The quantitative estimate of drug-likeness (QED) is 0.823. The lowest BCUT2D eigenvalue weighted by Crippen LogP contribution is -2.56. The Hall–Kier alpha value is -0.650. The van der Waals surface area contributed by atoms with E-state index in [1.54, 1.807) is 0 Å². The molecule has 5 heteroatoms. The number of carbonyl (C=O) groups is 1. The summed E-state index contributed by atoms with van der Waals surface area (Å²) in [5.74, 6) is 0.966. The van der Waals surface area contributed by atoms with Gasteiger partial charge in [-0.1, -0.05) is 13.8 Å². The highest BCUT2D eigenvalue weighted by Gasteiger charge is 2.59. The van der Waals surface area contributed by atoms with Crippen molar-refractivity contribution in [3.8, 4) is 0 Å². The number of likely N-dealkylation sites (N-methyl/N-ethyl adjacent to an activating group) is 2. The van der Waals surface area contributed by atoms with E-state index in [9.17, 15) is 4.79 Å². The van der Waals surface area contributed by atoms with Gasteiger partial charge in [-0.2, -0.15) is 0 Å². The lowest BCUT2D eigenvalue weighted by atomic mass is 10.1. The Morgan fingerprint density at radius 2 is 2.00 bits per heavy atom. The zero-order valence-corrected chi connectivity index (χ0v) is 13.9. The van der Waals surface area contributed by atoms with Crippen LogP contribution in [0.2, 0.25) is 0 Å². The molecule has 3 rings (SSSR count). The monoisotopic (exact) mass is 294 g/mol. The fourth-order valence-corrected chi connectivity index (χ4v) is 3.73. The number of piperazine rings is 1. The molecule has 2 heterocycles. The topological polar surface area (TPSA) is 38.8 Å². The van der Waals surface area contributed by atoms with Crippen molar-refractivity contribution >= 4 is 5.91 Å². The Bertz CT molecular complexity index is 407. The van der Waals surface area contributed by atoms with Crippen molar-refractivity contribution in [1.29, 1.82) is 0 Å². The molecule has 1 amide bonds. The molecule has 0 radical (unpaired) electrons. The van der Waals surface area contributed by atoms with Crippen LogP contribution >= 0.6 is 0 Å². The number of amides is 1. The number of nitrogens with zero attached hydrogens (tertiary/aromatic N) is 3. The smallest absolute Gasteiger partial charge is 0.244 e. The number of hydrogen-bond donors (Lipinski definition) is 1. The lowest BCUT2D eigenvalue weighted by Gasteiger charge is -2.40. The fourth-order valence-electron chi connectivity index (χ4n) is 3.73. The Balaban J connectivity index is 1.70. The van der Waals surface area contributed by atoms with Gasteiger partial charge in [-0.3, -0.25) is 15.0 Å². The van der Waals surface area contributed by atoms with Crippen molar-refractivity contribution in [3.05, 3.63) is 0 Å². The molecule has 0 bridgehead atoms. The Labute approximate surface area is 128 Å². The molecule has 0 aromatic heterocycles. The van der Waals surface area contributed by atoms with Gasteiger partial charge in [0.2, 0.25) is 5.91 Å².